The maximum atomic E-state index is 6.12. The quantitative estimate of drug-likeness (QED) is 0.865. The van der Waals surface area contributed by atoms with E-state index in [4.69, 9.17) is 4.74 Å². The average molecular weight is 291 g/mol. The van der Waals surface area contributed by atoms with Gasteiger partial charge in [0.15, 0.2) is 0 Å². The molecule has 3 nitrogen and oxygen atoms in total. The van der Waals surface area contributed by atoms with Crippen molar-refractivity contribution in [2.45, 2.75) is 52.7 Å². The fourth-order valence-corrected chi connectivity index (χ4v) is 3.17. The maximum absolute atomic E-state index is 6.12. The molecule has 2 unspecified atom stereocenters. The lowest BCUT2D eigenvalue weighted by molar-refractivity contribution is -0.139. The second-order valence-electron chi connectivity index (χ2n) is 7.14. The minimum absolute atomic E-state index is 0. The highest BCUT2D eigenvalue weighted by Gasteiger charge is 2.37. The fourth-order valence-electron chi connectivity index (χ4n) is 3.17. The zero-order chi connectivity index (χ0) is 13.2. The molecule has 2 saturated heterocycles. The predicted molar refractivity (Wildman–Crippen MR) is 82.8 cm³/mol. The molecule has 2 aliphatic rings. The Morgan fingerprint density at radius 1 is 1.32 bits per heavy atom. The number of hydrogen-bond donors (Lipinski definition) is 1. The highest BCUT2D eigenvalue weighted by molar-refractivity contribution is 5.85. The normalized spacial score (nSPS) is 35.7. The van der Waals surface area contributed by atoms with Crippen molar-refractivity contribution in [2.75, 3.05) is 32.8 Å². The zero-order valence-electron chi connectivity index (χ0n) is 13.0. The Bertz CT molecular complexity index is 273. The number of rotatable bonds is 3. The SMILES string of the molecule is CCN1CCCC(CC2(C)NCC(C)(C)CO2)C1.Cl. The van der Waals surface area contributed by atoms with Crippen molar-refractivity contribution >= 4 is 12.4 Å². The Morgan fingerprint density at radius 3 is 2.63 bits per heavy atom. The molecule has 19 heavy (non-hydrogen) atoms. The number of hydrogen-bond acceptors (Lipinski definition) is 3. The summed E-state index contributed by atoms with van der Waals surface area (Å²) in [7, 11) is 0. The first-order valence-electron chi connectivity index (χ1n) is 7.54. The summed E-state index contributed by atoms with van der Waals surface area (Å²) >= 11 is 0. The Hall–Kier alpha value is 0.170. The number of piperidine rings is 1. The van der Waals surface area contributed by atoms with Crippen molar-refractivity contribution in [1.82, 2.24) is 10.2 Å². The van der Waals surface area contributed by atoms with Crippen LogP contribution in [0.3, 0.4) is 0 Å². The molecule has 0 bridgehead atoms. The fraction of sp³-hybridized carbons (Fsp3) is 1.00. The summed E-state index contributed by atoms with van der Waals surface area (Å²) in [4.78, 5) is 2.57. The van der Waals surface area contributed by atoms with Crippen molar-refractivity contribution in [1.29, 1.82) is 0 Å². The van der Waals surface area contributed by atoms with Gasteiger partial charge in [-0.05, 0) is 45.2 Å². The number of halogens is 1. The summed E-state index contributed by atoms with van der Waals surface area (Å²) in [6, 6.07) is 0. The molecular weight excluding hydrogens is 260 g/mol. The van der Waals surface area contributed by atoms with Crippen LogP contribution < -0.4 is 5.32 Å². The summed E-state index contributed by atoms with van der Waals surface area (Å²) in [6.45, 7) is 14.7. The van der Waals surface area contributed by atoms with Gasteiger partial charge in [-0.1, -0.05) is 20.8 Å². The van der Waals surface area contributed by atoms with E-state index in [1.807, 2.05) is 0 Å². The Labute approximate surface area is 124 Å². The molecule has 1 N–H and O–H groups in total. The van der Waals surface area contributed by atoms with E-state index in [1.165, 1.54) is 32.5 Å². The molecule has 2 rings (SSSR count). The van der Waals surface area contributed by atoms with Gasteiger partial charge in [0.1, 0.15) is 5.72 Å². The molecular formula is C15H31ClN2O. The van der Waals surface area contributed by atoms with Gasteiger partial charge in [-0.2, -0.15) is 0 Å². The van der Waals surface area contributed by atoms with E-state index in [9.17, 15) is 0 Å². The summed E-state index contributed by atoms with van der Waals surface area (Å²) in [5.74, 6) is 0.789. The van der Waals surface area contributed by atoms with Crippen LogP contribution in [0.15, 0.2) is 0 Å². The highest BCUT2D eigenvalue weighted by atomic mass is 35.5. The zero-order valence-corrected chi connectivity index (χ0v) is 13.8. The first-order valence-corrected chi connectivity index (χ1v) is 7.54. The number of nitrogens with zero attached hydrogens (tertiary/aromatic N) is 1. The number of ether oxygens (including phenoxy) is 1. The molecule has 0 amide bonds. The van der Waals surface area contributed by atoms with Gasteiger partial charge >= 0.3 is 0 Å². The maximum Gasteiger partial charge on any atom is 0.116 e. The third kappa shape index (κ3) is 4.89. The lowest BCUT2D eigenvalue weighted by Crippen LogP contribution is -2.57. The van der Waals surface area contributed by atoms with Crippen LogP contribution in [-0.2, 0) is 4.74 Å². The average Bonchev–Trinajstić information content (AvgIpc) is 2.34. The molecule has 0 aromatic rings. The second-order valence-corrected chi connectivity index (χ2v) is 7.14. The molecule has 2 aliphatic heterocycles. The standard InChI is InChI=1S/C15H30N2O.ClH/c1-5-17-8-6-7-13(10-17)9-15(4)16-11-14(2,3)12-18-15;/h13,16H,5-12H2,1-4H3;1H. The van der Waals surface area contributed by atoms with Gasteiger partial charge in [0.25, 0.3) is 0 Å². The molecule has 2 heterocycles. The number of nitrogens with one attached hydrogen (secondary N) is 1. The second kappa shape index (κ2) is 6.75. The largest absolute Gasteiger partial charge is 0.360 e. The molecule has 0 spiro atoms. The van der Waals surface area contributed by atoms with Crippen molar-refractivity contribution in [3.05, 3.63) is 0 Å². The Balaban J connectivity index is 0.00000180. The summed E-state index contributed by atoms with van der Waals surface area (Å²) in [5.41, 5.74) is 0.179. The van der Waals surface area contributed by atoms with Crippen molar-refractivity contribution < 1.29 is 4.74 Å². The molecule has 114 valence electrons. The van der Waals surface area contributed by atoms with Crippen LogP contribution in [0.2, 0.25) is 0 Å². The van der Waals surface area contributed by atoms with Gasteiger partial charge in [-0.3, -0.25) is 5.32 Å². The van der Waals surface area contributed by atoms with E-state index in [0.717, 1.165) is 25.5 Å². The first-order chi connectivity index (χ1) is 8.42. The van der Waals surface area contributed by atoms with E-state index in [2.05, 4.69) is 37.9 Å². The van der Waals surface area contributed by atoms with Crippen LogP contribution in [0.5, 0.6) is 0 Å². The van der Waals surface area contributed by atoms with Gasteiger partial charge < -0.3 is 9.64 Å². The van der Waals surface area contributed by atoms with Crippen molar-refractivity contribution in [3.8, 4) is 0 Å². The highest BCUT2D eigenvalue weighted by Crippen LogP contribution is 2.31. The minimum Gasteiger partial charge on any atom is -0.360 e. The third-order valence-corrected chi connectivity index (χ3v) is 4.45. The summed E-state index contributed by atoms with van der Waals surface area (Å²) in [6.07, 6.45) is 3.86. The van der Waals surface area contributed by atoms with E-state index in [-0.39, 0.29) is 23.5 Å². The van der Waals surface area contributed by atoms with Crippen molar-refractivity contribution in [3.63, 3.8) is 0 Å². The van der Waals surface area contributed by atoms with Crippen molar-refractivity contribution in [2.24, 2.45) is 11.3 Å². The van der Waals surface area contributed by atoms with E-state index in [1.54, 1.807) is 0 Å². The van der Waals surface area contributed by atoms with E-state index >= 15 is 0 Å². The van der Waals surface area contributed by atoms with Gasteiger partial charge in [-0.15, -0.1) is 12.4 Å². The van der Waals surface area contributed by atoms with Crippen LogP contribution in [0.25, 0.3) is 0 Å². The molecule has 4 heteroatoms. The monoisotopic (exact) mass is 290 g/mol. The van der Waals surface area contributed by atoms with Crippen LogP contribution >= 0.6 is 12.4 Å². The predicted octanol–water partition coefficient (Wildman–Crippen LogP) is 2.89. The lowest BCUT2D eigenvalue weighted by atomic mass is 9.86. The molecule has 2 atom stereocenters. The lowest BCUT2D eigenvalue weighted by Gasteiger charge is -2.45. The molecule has 0 radical (unpaired) electrons. The van der Waals surface area contributed by atoms with E-state index in [0.29, 0.717) is 0 Å². The van der Waals surface area contributed by atoms with E-state index < -0.39 is 0 Å². The third-order valence-electron chi connectivity index (χ3n) is 4.45. The van der Waals surface area contributed by atoms with Gasteiger partial charge in [0.05, 0.1) is 6.61 Å². The molecule has 2 fully saturated rings. The Kier molecular flexibility index (Phi) is 6.12. The van der Waals surface area contributed by atoms with Crippen LogP contribution in [0.4, 0.5) is 0 Å². The smallest absolute Gasteiger partial charge is 0.116 e. The Morgan fingerprint density at radius 2 is 2.05 bits per heavy atom. The van der Waals surface area contributed by atoms with Crippen LogP contribution in [0, 0.1) is 11.3 Å². The van der Waals surface area contributed by atoms with Gasteiger partial charge in [0.2, 0.25) is 0 Å². The molecule has 0 saturated carbocycles. The summed E-state index contributed by atoms with van der Waals surface area (Å²) in [5, 5.41) is 3.63. The molecule has 0 aromatic carbocycles. The van der Waals surface area contributed by atoms with Gasteiger partial charge in [0, 0.05) is 18.5 Å². The van der Waals surface area contributed by atoms with Crippen LogP contribution in [-0.4, -0.2) is 43.4 Å². The number of likely N-dealkylation sites (tertiary alicyclic amines) is 1. The first kappa shape index (κ1) is 17.2. The topological polar surface area (TPSA) is 24.5 Å². The van der Waals surface area contributed by atoms with Crippen LogP contribution in [0.1, 0.15) is 47.0 Å². The minimum atomic E-state index is -0.100. The molecule has 0 aliphatic carbocycles. The van der Waals surface area contributed by atoms with Gasteiger partial charge in [-0.25, -0.2) is 0 Å². The molecule has 0 aromatic heterocycles. The summed E-state index contributed by atoms with van der Waals surface area (Å²) < 4.78 is 6.12.